The van der Waals surface area contributed by atoms with Gasteiger partial charge in [0.1, 0.15) is 5.82 Å². The van der Waals surface area contributed by atoms with E-state index in [1.807, 2.05) is 24.3 Å². The standard InChI is InChI=1S/C15H16Cl2N4/c16-11-1-3-13(4-2-11)20-5-7-21(8-6-20)15-14(17)9-12(18)10-19-15/h1-4,9-10H,5-8,18H2. The predicted octanol–water partition coefficient (Wildman–Crippen LogP) is 3.30. The fraction of sp³-hybridized carbons (Fsp3) is 0.267. The minimum absolute atomic E-state index is 0.587. The maximum absolute atomic E-state index is 6.22. The van der Waals surface area contributed by atoms with Crippen molar-refractivity contribution in [3.63, 3.8) is 0 Å². The SMILES string of the molecule is Nc1cnc(N2CCN(c3ccc(Cl)cc3)CC2)c(Cl)c1. The quantitative estimate of drug-likeness (QED) is 0.921. The van der Waals surface area contributed by atoms with Crippen LogP contribution in [0.4, 0.5) is 17.2 Å². The second kappa shape index (κ2) is 6.00. The number of halogens is 2. The van der Waals surface area contributed by atoms with Crippen molar-refractivity contribution in [3.8, 4) is 0 Å². The van der Waals surface area contributed by atoms with Gasteiger partial charge in [-0.15, -0.1) is 0 Å². The number of hydrogen-bond donors (Lipinski definition) is 1. The smallest absolute Gasteiger partial charge is 0.147 e. The minimum atomic E-state index is 0.587. The molecule has 0 spiro atoms. The summed E-state index contributed by atoms with van der Waals surface area (Å²) >= 11 is 12.1. The second-order valence-corrected chi connectivity index (χ2v) is 5.87. The molecule has 1 aromatic heterocycles. The van der Waals surface area contributed by atoms with Gasteiger partial charge in [-0.1, -0.05) is 23.2 Å². The molecule has 4 nitrogen and oxygen atoms in total. The Bertz CT molecular complexity index is 622. The van der Waals surface area contributed by atoms with Crippen LogP contribution in [0.2, 0.25) is 10.0 Å². The molecule has 3 rings (SSSR count). The van der Waals surface area contributed by atoms with Gasteiger partial charge in [0.2, 0.25) is 0 Å². The van der Waals surface area contributed by atoms with Crippen molar-refractivity contribution >= 4 is 40.4 Å². The number of rotatable bonds is 2. The number of benzene rings is 1. The van der Waals surface area contributed by atoms with Crippen LogP contribution in [0.25, 0.3) is 0 Å². The molecule has 21 heavy (non-hydrogen) atoms. The number of hydrogen-bond acceptors (Lipinski definition) is 4. The Balaban J connectivity index is 1.68. The maximum Gasteiger partial charge on any atom is 0.147 e. The zero-order valence-corrected chi connectivity index (χ0v) is 13.0. The number of pyridine rings is 1. The molecule has 1 fully saturated rings. The molecule has 0 amide bonds. The topological polar surface area (TPSA) is 45.4 Å². The van der Waals surface area contributed by atoms with Crippen LogP contribution in [0, 0.1) is 0 Å². The third kappa shape index (κ3) is 3.17. The Morgan fingerprint density at radius 3 is 2.19 bits per heavy atom. The fourth-order valence-corrected chi connectivity index (χ4v) is 2.93. The number of piperazine rings is 1. The van der Waals surface area contributed by atoms with Crippen LogP contribution in [-0.4, -0.2) is 31.2 Å². The van der Waals surface area contributed by atoms with Crippen molar-refractivity contribution in [2.75, 3.05) is 41.7 Å². The molecule has 110 valence electrons. The molecule has 0 radical (unpaired) electrons. The van der Waals surface area contributed by atoms with Crippen LogP contribution >= 0.6 is 23.2 Å². The average Bonchev–Trinajstić information content (AvgIpc) is 2.48. The molecule has 1 aliphatic rings. The Morgan fingerprint density at radius 1 is 0.952 bits per heavy atom. The molecule has 0 bridgehead atoms. The van der Waals surface area contributed by atoms with Crippen LogP contribution in [-0.2, 0) is 0 Å². The lowest BCUT2D eigenvalue weighted by Gasteiger charge is -2.37. The first-order valence-corrected chi connectivity index (χ1v) is 7.55. The van der Waals surface area contributed by atoms with Crippen LogP contribution in [0.1, 0.15) is 0 Å². The molecule has 1 aromatic carbocycles. The highest BCUT2D eigenvalue weighted by molar-refractivity contribution is 6.33. The molecular formula is C15H16Cl2N4. The normalized spacial score (nSPS) is 15.3. The van der Waals surface area contributed by atoms with Crippen LogP contribution < -0.4 is 15.5 Å². The van der Waals surface area contributed by atoms with Crippen molar-refractivity contribution in [1.82, 2.24) is 4.98 Å². The molecule has 0 unspecified atom stereocenters. The number of nitrogens with zero attached hydrogens (tertiary/aromatic N) is 3. The predicted molar refractivity (Wildman–Crippen MR) is 89.5 cm³/mol. The van der Waals surface area contributed by atoms with Crippen molar-refractivity contribution < 1.29 is 0 Å². The first kappa shape index (κ1) is 14.3. The van der Waals surface area contributed by atoms with Crippen molar-refractivity contribution in [3.05, 3.63) is 46.6 Å². The lowest BCUT2D eigenvalue weighted by molar-refractivity contribution is 0.647. The third-order valence-corrected chi connectivity index (χ3v) is 4.14. The first-order valence-electron chi connectivity index (χ1n) is 6.80. The summed E-state index contributed by atoms with van der Waals surface area (Å²) in [6.07, 6.45) is 1.65. The van der Waals surface area contributed by atoms with Gasteiger partial charge in [0.25, 0.3) is 0 Å². The Morgan fingerprint density at radius 2 is 1.57 bits per heavy atom. The summed E-state index contributed by atoms with van der Waals surface area (Å²) in [6.45, 7) is 3.59. The number of aromatic nitrogens is 1. The highest BCUT2D eigenvalue weighted by Gasteiger charge is 2.20. The van der Waals surface area contributed by atoms with E-state index in [9.17, 15) is 0 Å². The Hall–Kier alpha value is -1.65. The lowest BCUT2D eigenvalue weighted by Crippen LogP contribution is -2.46. The lowest BCUT2D eigenvalue weighted by atomic mass is 10.2. The Kier molecular flexibility index (Phi) is 4.08. The molecule has 1 aliphatic heterocycles. The highest BCUT2D eigenvalue weighted by atomic mass is 35.5. The molecule has 0 atom stereocenters. The van der Waals surface area contributed by atoms with Gasteiger partial charge in [0.05, 0.1) is 16.9 Å². The van der Waals surface area contributed by atoms with Crippen LogP contribution in [0.15, 0.2) is 36.5 Å². The van der Waals surface area contributed by atoms with Crippen LogP contribution in [0.3, 0.4) is 0 Å². The van der Waals surface area contributed by atoms with E-state index in [1.165, 1.54) is 5.69 Å². The van der Waals surface area contributed by atoms with Gasteiger partial charge in [0, 0.05) is 36.9 Å². The summed E-state index contributed by atoms with van der Waals surface area (Å²) in [5.41, 5.74) is 7.46. The zero-order valence-electron chi connectivity index (χ0n) is 11.5. The van der Waals surface area contributed by atoms with E-state index in [-0.39, 0.29) is 0 Å². The summed E-state index contributed by atoms with van der Waals surface area (Å²) in [6, 6.07) is 9.68. The second-order valence-electron chi connectivity index (χ2n) is 5.02. The van der Waals surface area contributed by atoms with Gasteiger partial charge in [-0.3, -0.25) is 0 Å². The highest BCUT2D eigenvalue weighted by Crippen LogP contribution is 2.27. The van der Waals surface area contributed by atoms with E-state index in [2.05, 4.69) is 14.8 Å². The minimum Gasteiger partial charge on any atom is -0.397 e. The summed E-state index contributed by atoms with van der Waals surface area (Å²) in [5, 5.41) is 1.37. The summed E-state index contributed by atoms with van der Waals surface area (Å²) in [4.78, 5) is 8.86. The number of anilines is 3. The van der Waals surface area contributed by atoms with Gasteiger partial charge in [-0.05, 0) is 30.3 Å². The van der Waals surface area contributed by atoms with E-state index >= 15 is 0 Å². The van der Waals surface area contributed by atoms with Crippen molar-refractivity contribution in [2.45, 2.75) is 0 Å². The number of nitrogen functional groups attached to an aromatic ring is 1. The van der Waals surface area contributed by atoms with Gasteiger partial charge in [-0.2, -0.15) is 0 Å². The van der Waals surface area contributed by atoms with E-state index in [1.54, 1.807) is 12.3 Å². The summed E-state index contributed by atoms with van der Waals surface area (Å²) < 4.78 is 0. The molecule has 2 heterocycles. The average molecular weight is 323 g/mol. The third-order valence-electron chi connectivity index (χ3n) is 3.61. The van der Waals surface area contributed by atoms with Gasteiger partial charge >= 0.3 is 0 Å². The molecule has 0 aliphatic carbocycles. The van der Waals surface area contributed by atoms with Crippen molar-refractivity contribution in [2.24, 2.45) is 0 Å². The van der Waals surface area contributed by atoms with E-state index in [0.717, 1.165) is 37.0 Å². The first-order chi connectivity index (χ1) is 10.1. The molecule has 2 N–H and O–H groups in total. The van der Waals surface area contributed by atoms with Crippen LogP contribution in [0.5, 0.6) is 0 Å². The molecular weight excluding hydrogens is 307 g/mol. The van der Waals surface area contributed by atoms with E-state index in [4.69, 9.17) is 28.9 Å². The van der Waals surface area contributed by atoms with Gasteiger partial charge < -0.3 is 15.5 Å². The summed E-state index contributed by atoms with van der Waals surface area (Å²) in [5.74, 6) is 0.807. The zero-order chi connectivity index (χ0) is 14.8. The maximum atomic E-state index is 6.22. The molecule has 6 heteroatoms. The van der Waals surface area contributed by atoms with E-state index < -0.39 is 0 Å². The van der Waals surface area contributed by atoms with Gasteiger partial charge in [-0.25, -0.2) is 4.98 Å². The number of nitrogens with two attached hydrogens (primary N) is 1. The van der Waals surface area contributed by atoms with E-state index in [0.29, 0.717) is 10.7 Å². The Labute approximate surface area is 134 Å². The molecule has 1 saturated heterocycles. The van der Waals surface area contributed by atoms with Gasteiger partial charge in [0.15, 0.2) is 0 Å². The monoisotopic (exact) mass is 322 g/mol. The molecule has 2 aromatic rings. The summed E-state index contributed by atoms with van der Waals surface area (Å²) in [7, 11) is 0. The fourth-order valence-electron chi connectivity index (χ4n) is 2.51. The molecule has 0 saturated carbocycles. The van der Waals surface area contributed by atoms with Crippen molar-refractivity contribution in [1.29, 1.82) is 0 Å². The largest absolute Gasteiger partial charge is 0.397 e.